The van der Waals surface area contributed by atoms with E-state index in [0.29, 0.717) is 0 Å². The minimum atomic E-state index is -0.360. The molecule has 4 aromatic rings. The van der Waals surface area contributed by atoms with Crippen LogP contribution in [0.4, 0.5) is 0 Å². The van der Waals surface area contributed by atoms with E-state index in [9.17, 15) is 0 Å². The molecule has 0 fully saturated rings. The highest BCUT2D eigenvalue weighted by molar-refractivity contribution is 9.10. The van der Waals surface area contributed by atoms with Crippen LogP contribution in [0, 0.1) is 0 Å². The topological polar surface area (TPSA) is 9.23 Å². The summed E-state index contributed by atoms with van der Waals surface area (Å²) in [6.45, 7) is 0. The Kier molecular flexibility index (Phi) is 3.01. The van der Waals surface area contributed by atoms with Gasteiger partial charge in [-0.25, -0.2) is 0 Å². The zero-order chi connectivity index (χ0) is 18.0. The van der Waals surface area contributed by atoms with Gasteiger partial charge in [0, 0.05) is 11.1 Å². The molecule has 0 atom stereocenters. The molecule has 0 bridgehead atoms. The third-order valence-corrected chi connectivity index (χ3v) is 6.45. The van der Waals surface area contributed by atoms with Crippen LogP contribution in [0.2, 0.25) is 0 Å². The molecule has 128 valence electrons. The van der Waals surface area contributed by atoms with E-state index in [-0.39, 0.29) is 5.41 Å². The SMILES string of the molecule is Brc1cccc2c1Oc1ccccc1C21c2ccccc2-c2ccccc21. The van der Waals surface area contributed by atoms with Crippen LogP contribution < -0.4 is 4.74 Å². The van der Waals surface area contributed by atoms with Gasteiger partial charge in [-0.1, -0.05) is 78.9 Å². The highest BCUT2D eigenvalue weighted by Crippen LogP contribution is 2.62. The molecule has 1 heterocycles. The number of rotatable bonds is 0. The number of hydrogen-bond donors (Lipinski definition) is 0. The van der Waals surface area contributed by atoms with Crippen molar-refractivity contribution in [3.8, 4) is 22.6 Å². The van der Waals surface area contributed by atoms with Crippen molar-refractivity contribution in [2.75, 3.05) is 0 Å². The van der Waals surface area contributed by atoms with E-state index in [1.54, 1.807) is 0 Å². The molecule has 1 aliphatic heterocycles. The van der Waals surface area contributed by atoms with Crippen LogP contribution in [-0.2, 0) is 5.41 Å². The van der Waals surface area contributed by atoms with Gasteiger partial charge in [0.15, 0.2) is 0 Å². The van der Waals surface area contributed by atoms with Gasteiger partial charge in [-0.2, -0.15) is 0 Å². The lowest BCUT2D eigenvalue weighted by molar-refractivity contribution is 0.433. The van der Waals surface area contributed by atoms with E-state index in [1.165, 1.54) is 33.4 Å². The Morgan fingerprint density at radius 1 is 0.556 bits per heavy atom. The van der Waals surface area contributed by atoms with Gasteiger partial charge >= 0.3 is 0 Å². The molecule has 1 spiro atoms. The Hall–Kier alpha value is -2.84. The van der Waals surface area contributed by atoms with E-state index < -0.39 is 0 Å². The molecule has 0 amide bonds. The molecule has 4 aromatic carbocycles. The Balaban J connectivity index is 1.87. The number of ether oxygens (including phenoxy) is 1. The lowest BCUT2D eigenvalue weighted by atomic mass is 9.66. The number of halogens is 1. The van der Waals surface area contributed by atoms with E-state index in [2.05, 4.69) is 94.8 Å². The summed E-state index contributed by atoms with van der Waals surface area (Å²) in [6, 6.07) is 32.3. The van der Waals surface area contributed by atoms with Crippen LogP contribution in [0.25, 0.3) is 11.1 Å². The predicted molar refractivity (Wildman–Crippen MR) is 112 cm³/mol. The third kappa shape index (κ3) is 1.79. The third-order valence-electron chi connectivity index (χ3n) is 5.83. The number of fused-ring (bicyclic) bond motifs is 9. The van der Waals surface area contributed by atoms with Gasteiger partial charge < -0.3 is 4.74 Å². The van der Waals surface area contributed by atoms with Crippen molar-refractivity contribution in [1.82, 2.24) is 0 Å². The summed E-state index contributed by atoms with van der Waals surface area (Å²) >= 11 is 3.72. The Morgan fingerprint density at radius 3 is 1.81 bits per heavy atom. The Labute approximate surface area is 166 Å². The molecule has 0 saturated heterocycles. The van der Waals surface area contributed by atoms with Crippen LogP contribution >= 0.6 is 15.9 Å². The molecular formula is C25H15BrO. The van der Waals surface area contributed by atoms with Gasteiger partial charge in [-0.15, -0.1) is 0 Å². The minimum absolute atomic E-state index is 0.360. The number of benzene rings is 4. The highest BCUT2D eigenvalue weighted by atomic mass is 79.9. The summed E-state index contributed by atoms with van der Waals surface area (Å²) in [7, 11) is 0. The van der Waals surface area contributed by atoms with Gasteiger partial charge in [0.2, 0.25) is 0 Å². The van der Waals surface area contributed by atoms with Gasteiger partial charge in [0.25, 0.3) is 0 Å². The first-order valence-electron chi connectivity index (χ1n) is 9.07. The average molecular weight is 411 g/mol. The van der Waals surface area contributed by atoms with E-state index in [4.69, 9.17) is 4.74 Å². The maximum absolute atomic E-state index is 6.38. The van der Waals surface area contributed by atoms with Crippen molar-refractivity contribution in [3.63, 3.8) is 0 Å². The van der Waals surface area contributed by atoms with Crippen molar-refractivity contribution in [2.24, 2.45) is 0 Å². The van der Waals surface area contributed by atoms with Crippen molar-refractivity contribution in [2.45, 2.75) is 5.41 Å². The minimum Gasteiger partial charge on any atom is -0.455 e. The van der Waals surface area contributed by atoms with Crippen molar-refractivity contribution in [3.05, 3.63) is 118 Å². The van der Waals surface area contributed by atoms with Crippen LogP contribution in [-0.4, -0.2) is 0 Å². The van der Waals surface area contributed by atoms with Gasteiger partial charge in [-0.05, 0) is 50.3 Å². The fourth-order valence-corrected chi connectivity index (χ4v) is 5.29. The van der Waals surface area contributed by atoms with Crippen LogP contribution in [0.5, 0.6) is 11.5 Å². The predicted octanol–water partition coefficient (Wildman–Crippen LogP) is 6.92. The van der Waals surface area contributed by atoms with Gasteiger partial charge in [0.1, 0.15) is 11.5 Å². The maximum Gasteiger partial charge on any atom is 0.146 e. The van der Waals surface area contributed by atoms with Crippen molar-refractivity contribution >= 4 is 15.9 Å². The molecule has 6 rings (SSSR count). The van der Waals surface area contributed by atoms with Crippen molar-refractivity contribution < 1.29 is 4.74 Å². The maximum atomic E-state index is 6.38. The molecule has 1 nitrogen and oxygen atoms in total. The first kappa shape index (κ1) is 15.2. The zero-order valence-electron chi connectivity index (χ0n) is 14.4. The molecule has 2 heteroatoms. The van der Waals surface area contributed by atoms with E-state index >= 15 is 0 Å². The standard InChI is InChI=1S/C25H15BrO/c26-22-14-7-13-21-24(22)27-23-15-6-5-12-20(23)25(21)18-10-3-1-8-16(18)17-9-2-4-11-19(17)25/h1-15H. The fraction of sp³-hybridized carbons (Fsp3) is 0.0400. The summed E-state index contributed by atoms with van der Waals surface area (Å²) in [6.07, 6.45) is 0. The molecule has 1 aliphatic carbocycles. The second kappa shape index (κ2) is 5.34. The Morgan fingerprint density at radius 2 is 1.11 bits per heavy atom. The molecule has 0 saturated carbocycles. The van der Waals surface area contributed by atoms with Gasteiger partial charge in [-0.3, -0.25) is 0 Å². The monoisotopic (exact) mass is 410 g/mol. The molecule has 0 unspecified atom stereocenters. The number of para-hydroxylation sites is 2. The van der Waals surface area contributed by atoms with Crippen LogP contribution in [0.1, 0.15) is 22.3 Å². The highest BCUT2D eigenvalue weighted by Gasteiger charge is 2.51. The van der Waals surface area contributed by atoms with Crippen LogP contribution in [0.3, 0.4) is 0 Å². The lowest BCUT2D eigenvalue weighted by Gasteiger charge is -2.39. The quantitative estimate of drug-likeness (QED) is 0.264. The summed E-state index contributed by atoms with van der Waals surface area (Å²) in [5.74, 6) is 1.83. The van der Waals surface area contributed by atoms with Gasteiger partial charge in [0.05, 0.1) is 9.89 Å². The molecule has 0 radical (unpaired) electrons. The molecular weight excluding hydrogens is 396 g/mol. The number of hydrogen-bond acceptors (Lipinski definition) is 1. The normalized spacial score (nSPS) is 14.7. The first-order valence-corrected chi connectivity index (χ1v) is 9.87. The summed E-state index contributed by atoms with van der Waals surface area (Å²) < 4.78 is 7.36. The summed E-state index contributed by atoms with van der Waals surface area (Å²) in [5, 5.41) is 0. The Bertz CT molecular complexity index is 1180. The molecule has 0 aromatic heterocycles. The second-order valence-corrected chi connectivity index (χ2v) is 7.91. The summed E-state index contributed by atoms with van der Waals surface area (Å²) in [5.41, 5.74) is 7.27. The average Bonchev–Trinajstić information content (AvgIpc) is 3.01. The lowest BCUT2D eigenvalue weighted by Crippen LogP contribution is -2.32. The van der Waals surface area contributed by atoms with E-state index in [0.717, 1.165) is 16.0 Å². The largest absolute Gasteiger partial charge is 0.455 e. The molecule has 2 aliphatic rings. The van der Waals surface area contributed by atoms with Crippen molar-refractivity contribution in [1.29, 1.82) is 0 Å². The van der Waals surface area contributed by atoms with E-state index in [1.807, 2.05) is 12.1 Å². The first-order chi connectivity index (χ1) is 13.3. The smallest absolute Gasteiger partial charge is 0.146 e. The van der Waals surface area contributed by atoms with Crippen LogP contribution in [0.15, 0.2) is 95.5 Å². The summed E-state index contributed by atoms with van der Waals surface area (Å²) in [4.78, 5) is 0. The second-order valence-electron chi connectivity index (χ2n) is 7.06. The zero-order valence-corrected chi connectivity index (χ0v) is 16.0. The molecule has 27 heavy (non-hydrogen) atoms. The fourth-order valence-electron chi connectivity index (χ4n) is 4.84. The molecule has 0 N–H and O–H groups in total.